The molecule has 0 aromatic carbocycles. The highest BCUT2D eigenvalue weighted by molar-refractivity contribution is 5.70. The van der Waals surface area contributed by atoms with Gasteiger partial charge in [0.15, 0.2) is 0 Å². The first-order valence-electron chi connectivity index (χ1n) is 8.08. The van der Waals surface area contributed by atoms with Crippen molar-refractivity contribution in [2.45, 2.75) is 76.5 Å². The second-order valence-corrected chi connectivity index (χ2v) is 7.88. The number of rotatable bonds is 2. The Hall–Kier alpha value is -0.810. The summed E-state index contributed by atoms with van der Waals surface area (Å²) in [7, 11) is 0. The van der Waals surface area contributed by atoms with E-state index in [1.54, 1.807) is 4.90 Å². The van der Waals surface area contributed by atoms with E-state index in [9.17, 15) is 9.90 Å². The molecule has 1 saturated heterocycles. The Bertz CT molecular complexity index is 389. The molecular formula is C16H30N2O3. The summed E-state index contributed by atoms with van der Waals surface area (Å²) in [6.07, 6.45) is 4.36. The Balaban J connectivity index is 1.90. The third-order valence-corrected chi connectivity index (χ3v) is 5.03. The Morgan fingerprint density at radius 2 is 1.86 bits per heavy atom. The Morgan fingerprint density at radius 1 is 1.33 bits per heavy atom. The quantitative estimate of drug-likeness (QED) is 0.820. The van der Waals surface area contributed by atoms with Crippen LogP contribution in [0.3, 0.4) is 0 Å². The first-order chi connectivity index (χ1) is 9.59. The number of carbonyl (C=O) groups excluding carboxylic acids is 1. The van der Waals surface area contributed by atoms with Crippen LogP contribution in [-0.2, 0) is 4.74 Å². The van der Waals surface area contributed by atoms with Crippen molar-refractivity contribution < 1.29 is 14.6 Å². The first-order valence-corrected chi connectivity index (χ1v) is 8.08. The fraction of sp³-hybridized carbons (Fsp3) is 0.938. The van der Waals surface area contributed by atoms with E-state index in [2.05, 4.69) is 6.92 Å². The van der Waals surface area contributed by atoms with Crippen molar-refractivity contribution in [3.8, 4) is 0 Å². The van der Waals surface area contributed by atoms with Gasteiger partial charge in [-0.3, -0.25) is 0 Å². The molecule has 21 heavy (non-hydrogen) atoms. The summed E-state index contributed by atoms with van der Waals surface area (Å²) in [5, 5.41) is 10.9. The fourth-order valence-corrected chi connectivity index (χ4v) is 3.45. The highest BCUT2D eigenvalue weighted by Crippen LogP contribution is 2.43. The molecule has 0 aromatic rings. The molecule has 2 rings (SSSR count). The average molecular weight is 298 g/mol. The fourth-order valence-electron chi connectivity index (χ4n) is 3.45. The van der Waals surface area contributed by atoms with Crippen LogP contribution in [-0.4, -0.2) is 45.9 Å². The molecule has 0 bridgehead atoms. The lowest BCUT2D eigenvalue weighted by Crippen LogP contribution is -2.79. The van der Waals surface area contributed by atoms with E-state index < -0.39 is 16.7 Å². The second-order valence-electron chi connectivity index (χ2n) is 7.88. The van der Waals surface area contributed by atoms with Gasteiger partial charge in [0.25, 0.3) is 0 Å². The van der Waals surface area contributed by atoms with E-state index >= 15 is 0 Å². The van der Waals surface area contributed by atoms with Gasteiger partial charge in [-0.15, -0.1) is 0 Å². The third-order valence-electron chi connectivity index (χ3n) is 5.03. The van der Waals surface area contributed by atoms with E-state index in [4.69, 9.17) is 10.5 Å². The van der Waals surface area contributed by atoms with Crippen LogP contribution in [0.5, 0.6) is 0 Å². The van der Waals surface area contributed by atoms with Crippen molar-refractivity contribution in [1.82, 2.24) is 4.90 Å². The maximum Gasteiger partial charge on any atom is 0.410 e. The zero-order chi connectivity index (χ0) is 15.9. The Morgan fingerprint density at radius 3 is 2.29 bits per heavy atom. The minimum absolute atomic E-state index is 0.339. The molecular weight excluding hydrogens is 268 g/mol. The average Bonchev–Trinajstić information content (AvgIpc) is 2.33. The number of ether oxygens (including phenoxy) is 1. The summed E-state index contributed by atoms with van der Waals surface area (Å²) >= 11 is 0. The maximum atomic E-state index is 12.0. The molecule has 5 heteroatoms. The van der Waals surface area contributed by atoms with Gasteiger partial charge in [-0.05, 0) is 52.4 Å². The van der Waals surface area contributed by atoms with Gasteiger partial charge in [0.1, 0.15) is 5.60 Å². The van der Waals surface area contributed by atoms with Crippen molar-refractivity contribution in [3.05, 3.63) is 0 Å². The van der Waals surface area contributed by atoms with Crippen LogP contribution in [0.1, 0.15) is 59.8 Å². The number of carbonyl (C=O) groups is 1. The van der Waals surface area contributed by atoms with E-state index in [1.807, 2.05) is 20.8 Å². The molecule has 2 fully saturated rings. The lowest BCUT2D eigenvalue weighted by molar-refractivity contribution is -0.127. The monoisotopic (exact) mass is 298 g/mol. The zero-order valence-corrected chi connectivity index (χ0v) is 13.8. The van der Waals surface area contributed by atoms with Gasteiger partial charge < -0.3 is 20.5 Å². The van der Waals surface area contributed by atoms with Crippen molar-refractivity contribution >= 4 is 6.09 Å². The highest BCUT2D eigenvalue weighted by atomic mass is 16.6. The van der Waals surface area contributed by atoms with Crippen LogP contribution in [0, 0.1) is 5.92 Å². The molecule has 1 aliphatic carbocycles. The van der Waals surface area contributed by atoms with Crippen molar-refractivity contribution in [2.75, 3.05) is 13.1 Å². The molecule has 1 heterocycles. The largest absolute Gasteiger partial charge is 0.444 e. The number of aliphatic hydroxyl groups is 1. The molecule has 1 aliphatic heterocycles. The van der Waals surface area contributed by atoms with Crippen LogP contribution in [0.4, 0.5) is 4.79 Å². The number of nitrogens with zero attached hydrogens (tertiary/aromatic N) is 1. The minimum atomic E-state index is -0.836. The summed E-state index contributed by atoms with van der Waals surface area (Å²) in [6.45, 7) is 8.51. The van der Waals surface area contributed by atoms with Gasteiger partial charge >= 0.3 is 6.09 Å². The van der Waals surface area contributed by atoms with Crippen LogP contribution < -0.4 is 5.73 Å². The predicted molar refractivity (Wildman–Crippen MR) is 81.9 cm³/mol. The van der Waals surface area contributed by atoms with Crippen LogP contribution in [0.25, 0.3) is 0 Å². The van der Waals surface area contributed by atoms with Gasteiger partial charge in [0, 0.05) is 13.1 Å². The first kappa shape index (κ1) is 16.6. The molecule has 2 aliphatic rings. The van der Waals surface area contributed by atoms with Gasteiger partial charge in [-0.2, -0.15) is 0 Å². The number of likely N-dealkylation sites (tertiary alicyclic amines) is 1. The van der Waals surface area contributed by atoms with Crippen molar-refractivity contribution in [2.24, 2.45) is 11.7 Å². The Labute approximate surface area is 127 Å². The highest BCUT2D eigenvalue weighted by Gasteiger charge is 2.57. The number of hydrogen-bond acceptors (Lipinski definition) is 4. The summed E-state index contributed by atoms with van der Waals surface area (Å²) < 4.78 is 5.34. The summed E-state index contributed by atoms with van der Waals surface area (Å²) in [4.78, 5) is 13.6. The lowest BCUT2D eigenvalue weighted by Gasteiger charge is -2.57. The molecule has 3 N–H and O–H groups in total. The molecule has 0 unspecified atom stereocenters. The third kappa shape index (κ3) is 3.34. The van der Waals surface area contributed by atoms with Gasteiger partial charge in [-0.25, -0.2) is 4.79 Å². The molecule has 5 nitrogen and oxygen atoms in total. The Kier molecular flexibility index (Phi) is 4.28. The number of hydrogen-bond donors (Lipinski definition) is 2. The summed E-state index contributed by atoms with van der Waals surface area (Å²) in [5.74, 6) is 0.705. The molecule has 0 aromatic heterocycles. The zero-order valence-electron chi connectivity index (χ0n) is 13.8. The summed E-state index contributed by atoms with van der Waals surface area (Å²) in [6, 6.07) is 0. The minimum Gasteiger partial charge on any atom is -0.444 e. The molecule has 122 valence electrons. The molecule has 0 atom stereocenters. The van der Waals surface area contributed by atoms with E-state index in [1.165, 1.54) is 0 Å². The topological polar surface area (TPSA) is 75.8 Å². The SMILES string of the molecule is CCC1CCC(O)(C2(N)CN(C(=O)OC(C)(C)C)C2)CC1. The lowest BCUT2D eigenvalue weighted by atomic mass is 9.65. The molecule has 0 spiro atoms. The molecule has 0 radical (unpaired) electrons. The van der Waals surface area contributed by atoms with Crippen LogP contribution >= 0.6 is 0 Å². The summed E-state index contributed by atoms with van der Waals surface area (Å²) in [5.41, 5.74) is 4.38. The molecule has 1 amide bonds. The predicted octanol–water partition coefficient (Wildman–Crippen LogP) is 2.27. The van der Waals surface area contributed by atoms with Gasteiger partial charge in [-0.1, -0.05) is 13.3 Å². The van der Waals surface area contributed by atoms with E-state index in [0.29, 0.717) is 19.0 Å². The smallest absolute Gasteiger partial charge is 0.410 e. The van der Waals surface area contributed by atoms with Crippen molar-refractivity contribution in [3.63, 3.8) is 0 Å². The number of amides is 1. The van der Waals surface area contributed by atoms with Crippen molar-refractivity contribution in [1.29, 1.82) is 0 Å². The van der Waals surface area contributed by atoms with Crippen LogP contribution in [0.15, 0.2) is 0 Å². The maximum absolute atomic E-state index is 12.0. The van der Waals surface area contributed by atoms with Gasteiger partial charge in [0.2, 0.25) is 0 Å². The standard InChI is InChI=1S/C16H30N2O3/c1-5-12-6-8-16(20,9-7-12)15(17)10-18(11-15)13(19)21-14(2,3)4/h12,20H,5-11,17H2,1-4H3. The second kappa shape index (κ2) is 5.43. The van der Waals surface area contributed by atoms with Crippen LogP contribution in [0.2, 0.25) is 0 Å². The number of nitrogens with two attached hydrogens (primary N) is 1. The normalized spacial score (nSPS) is 32.5. The molecule has 1 saturated carbocycles. The van der Waals surface area contributed by atoms with E-state index in [-0.39, 0.29) is 6.09 Å². The van der Waals surface area contributed by atoms with E-state index in [0.717, 1.165) is 32.1 Å². The van der Waals surface area contributed by atoms with Gasteiger partial charge in [0.05, 0.1) is 11.1 Å².